The molecule has 5 nitrogen and oxygen atoms in total. The molecule has 1 unspecified atom stereocenters. The zero-order valence-electron chi connectivity index (χ0n) is 24.8. The van der Waals surface area contributed by atoms with Crippen molar-refractivity contribution in [1.82, 2.24) is 16.0 Å². The standard InChI is InChI=1S/C34H45F2N3O2/c1-5-7-9-24(4)38-21-28-12-23(3)13-29(15-28)34(41)39-32(18-27-16-30(35)19-31(36)17-27)33(40)22-37-20-26-11-8-10-25(6-2)14-26/h8,10-17,19,24,32-33,37-38,40H,5-7,9,18,20-22H2,1-4H3,(H,39,41)/t24?,32-,33+/m0/s1. The average molecular weight is 566 g/mol. The molecule has 0 saturated heterocycles. The van der Waals surface area contributed by atoms with Gasteiger partial charge < -0.3 is 21.1 Å². The number of hydrogen-bond donors (Lipinski definition) is 4. The fourth-order valence-corrected chi connectivity index (χ4v) is 4.98. The number of aliphatic hydroxyl groups is 1. The van der Waals surface area contributed by atoms with Gasteiger partial charge in [-0.05, 0) is 79.6 Å². The highest BCUT2D eigenvalue weighted by atomic mass is 19.1. The molecule has 0 aliphatic heterocycles. The molecule has 0 saturated carbocycles. The molecule has 0 heterocycles. The van der Waals surface area contributed by atoms with Crippen LogP contribution in [0.15, 0.2) is 60.7 Å². The van der Waals surface area contributed by atoms with Crippen LogP contribution in [0.25, 0.3) is 0 Å². The van der Waals surface area contributed by atoms with E-state index in [0.717, 1.165) is 48.4 Å². The van der Waals surface area contributed by atoms with Crippen molar-refractivity contribution < 1.29 is 18.7 Å². The largest absolute Gasteiger partial charge is 0.390 e. The minimum absolute atomic E-state index is 0.0732. The highest BCUT2D eigenvalue weighted by Crippen LogP contribution is 2.15. The molecule has 3 rings (SSSR count). The number of carbonyl (C=O) groups is 1. The van der Waals surface area contributed by atoms with Crippen LogP contribution in [0.1, 0.15) is 78.2 Å². The van der Waals surface area contributed by atoms with E-state index in [2.05, 4.69) is 54.9 Å². The van der Waals surface area contributed by atoms with Gasteiger partial charge >= 0.3 is 0 Å². The van der Waals surface area contributed by atoms with Crippen molar-refractivity contribution in [3.05, 3.63) is 106 Å². The Labute approximate surface area is 243 Å². The average Bonchev–Trinajstić information content (AvgIpc) is 2.93. The highest BCUT2D eigenvalue weighted by molar-refractivity contribution is 5.94. The van der Waals surface area contributed by atoms with E-state index in [1.165, 1.54) is 17.7 Å². The lowest BCUT2D eigenvalue weighted by Gasteiger charge is -2.25. The third-order valence-corrected chi connectivity index (χ3v) is 7.29. The van der Waals surface area contributed by atoms with Gasteiger partial charge in [0.2, 0.25) is 0 Å². The predicted molar refractivity (Wildman–Crippen MR) is 162 cm³/mol. The van der Waals surface area contributed by atoms with Crippen molar-refractivity contribution in [3.63, 3.8) is 0 Å². The molecule has 0 fully saturated rings. The van der Waals surface area contributed by atoms with Crippen LogP contribution >= 0.6 is 0 Å². The highest BCUT2D eigenvalue weighted by Gasteiger charge is 2.23. The van der Waals surface area contributed by atoms with Crippen molar-refractivity contribution in [2.24, 2.45) is 0 Å². The molecule has 0 bridgehead atoms. The van der Waals surface area contributed by atoms with Crippen molar-refractivity contribution in [2.45, 2.75) is 91.1 Å². The molecule has 3 aromatic rings. The van der Waals surface area contributed by atoms with E-state index < -0.39 is 23.8 Å². The van der Waals surface area contributed by atoms with Crippen LogP contribution in [0.5, 0.6) is 0 Å². The number of aryl methyl sites for hydroxylation is 2. The fraction of sp³-hybridized carbons (Fsp3) is 0.441. The Hall–Kier alpha value is -3.13. The van der Waals surface area contributed by atoms with Gasteiger partial charge in [-0.3, -0.25) is 4.79 Å². The van der Waals surface area contributed by atoms with Crippen LogP contribution in [-0.4, -0.2) is 35.7 Å². The molecule has 0 aliphatic rings. The van der Waals surface area contributed by atoms with Gasteiger partial charge in [-0.25, -0.2) is 8.78 Å². The second-order valence-electron chi connectivity index (χ2n) is 11.1. The number of rotatable bonds is 16. The van der Waals surface area contributed by atoms with Crippen molar-refractivity contribution >= 4 is 5.91 Å². The van der Waals surface area contributed by atoms with Crippen LogP contribution in [0.4, 0.5) is 8.78 Å². The quantitative estimate of drug-likeness (QED) is 0.172. The third kappa shape index (κ3) is 11.0. The second kappa shape index (κ2) is 16.3. The molecule has 3 atom stereocenters. The van der Waals surface area contributed by atoms with Crippen LogP contribution in [0.3, 0.4) is 0 Å². The maximum absolute atomic E-state index is 13.9. The minimum Gasteiger partial charge on any atom is -0.390 e. The topological polar surface area (TPSA) is 73.4 Å². The smallest absolute Gasteiger partial charge is 0.251 e. The zero-order valence-corrected chi connectivity index (χ0v) is 24.8. The van der Waals surface area contributed by atoms with E-state index in [0.29, 0.717) is 30.3 Å². The van der Waals surface area contributed by atoms with Gasteiger partial charge in [-0.1, -0.05) is 62.6 Å². The lowest BCUT2D eigenvalue weighted by molar-refractivity contribution is 0.0829. The molecule has 4 N–H and O–H groups in total. The van der Waals surface area contributed by atoms with Crippen molar-refractivity contribution in [1.29, 1.82) is 0 Å². The first-order valence-electron chi connectivity index (χ1n) is 14.7. The van der Waals surface area contributed by atoms with E-state index in [1.54, 1.807) is 0 Å². The molecule has 7 heteroatoms. The lowest BCUT2D eigenvalue weighted by atomic mass is 9.99. The van der Waals surface area contributed by atoms with Crippen LogP contribution < -0.4 is 16.0 Å². The first kappa shape index (κ1) is 32.4. The molecule has 41 heavy (non-hydrogen) atoms. The summed E-state index contributed by atoms with van der Waals surface area (Å²) < 4.78 is 27.9. The summed E-state index contributed by atoms with van der Waals surface area (Å²) in [5.41, 5.74) is 5.11. The summed E-state index contributed by atoms with van der Waals surface area (Å²) in [5, 5.41) is 20.9. The van der Waals surface area contributed by atoms with Gasteiger partial charge in [-0.15, -0.1) is 0 Å². The van der Waals surface area contributed by atoms with Crippen molar-refractivity contribution in [3.8, 4) is 0 Å². The maximum atomic E-state index is 13.9. The lowest BCUT2D eigenvalue weighted by Crippen LogP contribution is -2.48. The van der Waals surface area contributed by atoms with Crippen molar-refractivity contribution in [2.75, 3.05) is 6.54 Å². The number of halogens is 2. The van der Waals surface area contributed by atoms with Gasteiger partial charge in [0.15, 0.2) is 0 Å². The Bertz CT molecular complexity index is 1250. The number of benzene rings is 3. The number of carbonyl (C=O) groups excluding carboxylic acids is 1. The summed E-state index contributed by atoms with van der Waals surface area (Å²) in [7, 11) is 0. The molecule has 0 aromatic heterocycles. The first-order valence-corrected chi connectivity index (χ1v) is 14.7. The normalized spacial score (nSPS) is 13.5. The monoisotopic (exact) mass is 565 g/mol. The summed E-state index contributed by atoms with van der Waals surface area (Å²) in [6.45, 7) is 9.76. The fourth-order valence-electron chi connectivity index (χ4n) is 4.98. The number of nitrogens with one attached hydrogen (secondary N) is 3. The number of unbranched alkanes of at least 4 members (excludes halogenated alkanes) is 1. The van der Waals surface area contributed by atoms with E-state index in [4.69, 9.17) is 0 Å². The first-order chi connectivity index (χ1) is 19.7. The number of aliphatic hydroxyl groups excluding tert-OH is 1. The van der Waals surface area contributed by atoms with Gasteiger partial charge in [0, 0.05) is 37.3 Å². The molecule has 0 aliphatic carbocycles. The SMILES string of the molecule is CCCCC(C)NCc1cc(C)cc(C(=O)N[C@@H](Cc2cc(F)cc(F)c2)[C@H](O)CNCc2cccc(CC)c2)c1. The summed E-state index contributed by atoms with van der Waals surface area (Å²) in [5.74, 6) is -1.74. The predicted octanol–water partition coefficient (Wildman–Crippen LogP) is 6.00. The van der Waals surface area contributed by atoms with Crippen LogP contribution in [0, 0.1) is 18.6 Å². The van der Waals surface area contributed by atoms with Gasteiger partial charge in [-0.2, -0.15) is 0 Å². The maximum Gasteiger partial charge on any atom is 0.251 e. The Morgan fingerprint density at radius 2 is 1.63 bits per heavy atom. The van der Waals surface area contributed by atoms with E-state index in [1.807, 2.05) is 31.2 Å². The van der Waals surface area contributed by atoms with E-state index >= 15 is 0 Å². The third-order valence-electron chi connectivity index (χ3n) is 7.29. The number of amides is 1. The Kier molecular flexibility index (Phi) is 12.9. The Morgan fingerprint density at radius 1 is 0.902 bits per heavy atom. The second-order valence-corrected chi connectivity index (χ2v) is 11.1. The molecule has 0 radical (unpaired) electrons. The number of hydrogen-bond acceptors (Lipinski definition) is 4. The summed E-state index contributed by atoms with van der Waals surface area (Å²) >= 11 is 0. The Balaban J connectivity index is 1.72. The van der Waals surface area contributed by atoms with Gasteiger partial charge in [0.05, 0.1) is 12.1 Å². The molecule has 1 amide bonds. The van der Waals surface area contributed by atoms with Gasteiger partial charge in [0.25, 0.3) is 5.91 Å². The molecule has 0 spiro atoms. The van der Waals surface area contributed by atoms with E-state index in [9.17, 15) is 18.7 Å². The van der Waals surface area contributed by atoms with Gasteiger partial charge in [0.1, 0.15) is 11.6 Å². The summed E-state index contributed by atoms with van der Waals surface area (Å²) in [6, 6.07) is 16.8. The summed E-state index contributed by atoms with van der Waals surface area (Å²) in [4.78, 5) is 13.4. The molecular weight excluding hydrogens is 520 g/mol. The Morgan fingerprint density at radius 3 is 2.34 bits per heavy atom. The molecule has 3 aromatic carbocycles. The zero-order chi connectivity index (χ0) is 29.8. The van der Waals surface area contributed by atoms with Crippen LogP contribution in [-0.2, 0) is 25.9 Å². The van der Waals surface area contributed by atoms with E-state index in [-0.39, 0.29) is 18.9 Å². The summed E-state index contributed by atoms with van der Waals surface area (Å²) in [6.07, 6.45) is 3.41. The molecular formula is C34H45F2N3O2. The molecule has 222 valence electrons. The minimum atomic E-state index is -0.995. The van der Waals surface area contributed by atoms with Crippen LogP contribution in [0.2, 0.25) is 0 Å².